The molecule has 1 aliphatic heterocycles. The number of nitrogens with one attached hydrogen (secondary N) is 2. The van der Waals surface area contributed by atoms with Gasteiger partial charge in [-0.3, -0.25) is 14.8 Å². The van der Waals surface area contributed by atoms with E-state index in [0.29, 0.717) is 0 Å². The van der Waals surface area contributed by atoms with Crippen molar-refractivity contribution >= 4 is 5.69 Å². The van der Waals surface area contributed by atoms with Gasteiger partial charge in [0.1, 0.15) is 0 Å². The maximum atomic E-state index is 11.1. The van der Waals surface area contributed by atoms with Gasteiger partial charge in [-0.05, 0) is 12.1 Å². The average Bonchev–Trinajstić information content (AvgIpc) is 2.86. The number of H-pyrrole nitrogens is 2. The number of nitrogens with zero attached hydrogens (tertiary/aromatic N) is 2. The predicted octanol–water partition coefficient (Wildman–Crippen LogP) is 1.03. The van der Waals surface area contributed by atoms with Gasteiger partial charge >= 0.3 is 0 Å². The second kappa shape index (κ2) is 5.32. The van der Waals surface area contributed by atoms with E-state index in [4.69, 9.17) is 0 Å². The quantitative estimate of drug-likeness (QED) is 0.864. The summed E-state index contributed by atoms with van der Waals surface area (Å²) in [6, 6.07) is 12.1. The van der Waals surface area contributed by atoms with Crippen molar-refractivity contribution in [2.45, 2.75) is 6.54 Å². The number of piperazine rings is 1. The smallest absolute Gasteiger partial charge is 0.264 e. The van der Waals surface area contributed by atoms with Gasteiger partial charge in [-0.1, -0.05) is 18.2 Å². The maximum Gasteiger partial charge on any atom is 0.264 e. The molecule has 1 aliphatic rings. The van der Waals surface area contributed by atoms with Crippen molar-refractivity contribution in [1.29, 1.82) is 0 Å². The van der Waals surface area contributed by atoms with Gasteiger partial charge in [0.2, 0.25) is 0 Å². The molecule has 0 spiro atoms. The van der Waals surface area contributed by atoms with Crippen LogP contribution in [0.25, 0.3) is 0 Å². The molecule has 5 heteroatoms. The zero-order valence-electron chi connectivity index (χ0n) is 10.8. The van der Waals surface area contributed by atoms with Gasteiger partial charge in [0.25, 0.3) is 5.56 Å². The monoisotopic (exact) mass is 258 g/mol. The SMILES string of the molecule is O=c1cc(CN2CCN(c3ccccc3)CC2)[nH][nH]1. The van der Waals surface area contributed by atoms with Crippen molar-refractivity contribution in [2.24, 2.45) is 0 Å². The van der Waals surface area contributed by atoms with Crippen molar-refractivity contribution in [3.63, 3.8) is 0 Å². The molecule has 2 aromatic rings. The third-order valence-electron chi connectivity index (χ3n) is 3.54. The van der Waals surface area contributed by atoms with Crippen molar-refractivity contribution < 1.29 is 0 Å². The summed E-state index contributed by atoms with van der Waals surface area (Å²) in [5.41, 5.74) is 2.19. The molecule has 1 aromatic heterocycles. The van der Waals surface area contributed by atoms with E-state index in [9.17, 15) is 4.79 Å². The van der Waals surface area contributed by atoms with Gasteiger partial charge in [-0.25, -0.2) is 0 Å². The molecule has 0 amide bonds. The van der Waals surface area contributed by atoms with Crippen LogP contribution >= 0.6 is 0 Å². The number of hydrogen-bond donors (Lipinski definition) is 2. The zero-order valence-corrected chi connectivity index (χ0v) is 10.8. The van der Waals surface area contributed by atoms with Crippen LogP contribution in [0.5, 0.6) is 0 Å². The van der Waals surface area contributed by atoms with Crippen LogP contribution in [-0.4, -0.2) is 41.3 Å². The average molecular weight is 258 g/mol. The highest BCUT2D eigenvalue weighted by Crippen LogP contribution is 2.16. The number of benzene rings is 1. The molecule has 19 heavy (non-hydrogen) atoms. The Morgan fingerprint density at radius 3 is 2.37 bits per heavy atom. The van der Waals surface area contributed by atoms with Crippen LogP contribution < -0.4 is 10.5 Å². The normalized spacial score (nSPS) is 16.7. The van der Waals surface area contributed by atoms with Gasteiger partial charge in [-0.15, -0.1) is 0 Å². The van der Waals surface area contributed by atoms with E-state index < -0.39 is 0 Å². The highest BCUT2D eigenvalue weighted by atomic mass is 16.1. The molecule has 0 unspecified atom stereocenters. The third-order valence-corrected chi connectivity index (χ3v) is 3.54. The Morgan fingerprint density at radius 2 is 1.74 bits per heavy atom. The van der Waals surface area contributed by atoms with E-state index in [2.05, 4.69) is 44.3 Å². The highest BCUT2D eigenvalue weighted by molar-refractivity contribution is 5.46. The molecular formula is C14H18N4O. The van der Waals surface area contributed by atoms with E-state index in [1.54, 1.807) is 6.07 Å². The molecule has 0 aliphatic carbocycles. The summed E-state index contributed by atoms with van der Waals surface area (Å²) in [5.74, 6) is 0. The van der Waals surface area contributed by atoms with Crippen molar-refractivity contribution in [1.82, 2.24) is 15.1 Å². The Labute approximate surface area is 111 Å². The van der Waals surface area contributed by atoms with Crippen LogP contribution in [-0.2, 0) is 6.54 Å². The second-order valence-electron chi connectivity index (χ2n) is 4.88. The highest BCUT2D eigenvalue weighted by Gasteiger charge is 2.17. The topological polar surface area (TPSA) is 55.1 Å². The fraction of sp³-hybridized carbons (Fsp3) is 0.357. The predicted molar refractivity (Wildman–Crippen MR) is 75.3 cm³/mol. The summed E-state index contributed by atoms with van der Waals surface area (Å²) in [4.78, 5) is 15.8. The molecule has 2 N–H and O–H groups in total. The molecule has 1 aromatic carbocycles. The number of para-hydroxylation sites is 1. The minimum Gasteiger partial charge on any atom is -0.369 e. The largest absolute Gasteiger partial charge is 0.369 e. The number of hydrogen-bond acceptors (Lipinski definition) is 3. The number of rotatable bonds is 3. The Bertz CT molecular complexity index is 566. The van der Waals surface area contributed by atoms with E-state index >= 15 is 0 Å². The first-order valence-electron chi connectivity index (χ1n) is 6.60. The fourth-order valence-corrected chi connectivity index (χ4v) is 2.50. The van der Waals surface area contributed by atoms with Crippen LogP contribution in [0.15, 0.2) is 41.2 Å². The Hall–Kier alpha value is -2.01. The minimum absolute atomic E-state index is 0.0575. The lowest BCUT2D eigenvalue weighted by Crippen LogP contribution is -2.46. The Kier molecular flexibility index (Phi) is 3.37. The van der Waals surface area contributed by atoms with E-state index in [1.165, 1.54) is 5.69 Å². The summed E-state index contributed by atoms with van der Waals surface area (Å²) in [6.45, 7) is 4.89. The molecule has 0 bridgehead atoms. The van der Waals surface area contributed by atoms with E-state index in [1.807, 2.05) is 6.07 Å². The molecule has 5 nitrogen and oxygen atoms in total. The fourth-order valence-electron chi connectivity index (χ4n) is 2.50. The summed E-state index contributed by atoms with van der Waals surface area (Å²) in [5, 5.41) is 5.48. The van der Waals surface area contributed by atoms with Gasteiger partial charge in [0.15, 0.2) is 0 Å². The summed E-state index contributed by atoms with van der Waals surface area (Å²) in [7, 11) is 0. The first-order chi connectivity index (χ1) is 9.31. The zero-order chi connectivity index (χ0) is 13.1. The van der Waals surface area contributed by atoms with Crippen molar-refractivity contribution in [2.75, 3.05) is 31.1 Å². The molecule has 0 atom stereocenters. The Balaban J connectivity index is 1.56. The van der Waals surface area contributed by atoms with Crippen LogP contribution in [0.1, 0.15) is 5.69 Å². The summed E-state index contributed by atoms with van der Waals surface area (Å²) < 4.78 is 0. The summed E-state index contributed by atoms with van der Waals surface area (Å²) >= 11 is 0. The first kappa shape index (κ1) is 12.0. The molecule has 0 saturated carbocycles. The molecular weight excluding hydrogens is 240 g/mol. The van der Waals surface area contributed by atoms with Crippen molar-refractivity contribution in [3.05, 3.63) is 52.4 Å². The number of aromatic nitrogens is 2. The minimum atomic E-state index is -0.0575. The van der Waals surface area contributed by atoms with Crippen LogP contribution in [0.4, 0.5) is 5.69 Å². The molecule has 2 heterocycles. The molecule has 3 rings (SSSR count). The number of anilines is 1. The molecule has 100 valence electrons. The maximum absolute atomic E-state index is 11.1. The lowest BCUT2D eigenvalue weighted by Gasteiger charge is -2.35. The van der Waals surface area contributed by atoms with Gasteiger partial charge < -0.3 is 10.00 Å². The lowest BCUT2D eigenvalue weighted by molar-refractivity contribution is 0.247. The van der Waals surface area contributed by atoms with E-state index in [-0.39, 0.29) is 5.56 Å². The third kappa shape index (κ3) is 2.88. The molecule has 1 saturated heterocycles. The lowest BCUT2D eigenvalue weighted by atomic mass is 10.2. The van der Waals surface area contributed by atoms with Crippen molar-refractivity contribution in [3.8, 4) is 0 Å². The molecule has 1 fully saturated rings. The van der Waals surface area contributed by atoms with Gasteiger partial charge in [-0.2, -0.15) is 0 Å². The summed E-state index contributed by atoms with van der Waals surface area (Å²) in [6.07, 6.45) is 0. The Morgan fingerprint density at radius 1 is 1.00 bits per heavy atom. The van der Waals surface area contributed by atoms with Gasteiger partial charge in [0.05, 0.1) is 5.69 Å². The van der Waals surface area contributed by atoms with Crippen LogP contribution in [0, 0.1) is 0 Å². The molecule has 0 radical (unpaired) electrons. The van der Waals surface area contributed by atoms with Crippen LogP contribution in [0.2, 0.25) is 0 Å². The second-order valence-corrected chi connectivity index (χ2v) is 4.88. The standard InChI is InChI=1S/C14H18N4O/c19-14-10-12(15-16-14)11-17-6-8-18(9-7-17)13-4-2-1-3-5-13/h1-5,10H,6-9,11H2,(H2,15,16,19). The first-order valence-corrected chi connectivity index (χ1v) is 6.60. The van der Waals surface area contributed by atoms with E-state index in [0.717, 1.165) is 38.4 Å². The van der Waals surface area contributed by atoms with Crippen LogP contribution in [0.3, 0.4) is 0 Å². The van der Waals surface area contributed by atoms with Gasteiger partial charge in [0, 0.05) is 44.5 Å². The number of aromatic amines is 2.